The monoisotopic (exact) mass is 247 g/mol. The molecule has 2 heterocycles. The number of hydrogen-bond acceptors (Lipinski definition) is 3. The van der Waals surface area contributed by atoms with Gasteiger partial charge in [-0.1, -0.05) is 17.7 Å². The van der Waals surface area contributed by atoms with Crippen LogP contribution in [0.4, 0.5) is 0 Å². The summed E-state index contributed by atoms with van der Waals surface area (Å²) in [4.78, 5) is 13.1. The van der Waals surface area contributed by atoms with Gasteiger partial charge < -0.3 is 0 Å². The summed E-state index contributed by atoms with van der Waals surface area (Å²) in [5.41, 5.74) is 4.79. The van der Waals surface area contributed by atoms with Gasteiger partial charge >= 0.3 is 0 Å². The minimum absolute atomic E-state index is 0.495. The molecule has 17 heavy (non-hydrogen) atoms. The number of rotatable bonds is 1. The van der Waals surface area contributed by atoms with Gasteiger partial charge in [-0.15, -0.1) is 0 Å². The maximum Gasteiger partial charge on any atom is 0.180 e. The fourth-order valence-corrected chi connectivity index (χ4v) is 1.87. The van der Waals surface area contributed by atoms with E-state index in [1.165, 1.54) is 0 Å². The van der Waals surface area contributed by atoms with Crippen molar-refractivity contribution in [3.63, 3.8) is 0 Å². The van der Waals surface area contributed by atoms with Gasteiger partial charge in [-0.25, -0.2) is 9.97 Å². The van der Waals surface area contributed by atoms with Crippen LogP contribution in [0.5, 0.6) is 0 Å². The summed E-state index contributed by atoms with van der Waals surface area (Å²) >= 11 is 6.07. The van der Waals surface area contributed by atoms with Crippen molar-refractivity contribution in [2.45, 2.75) is 27.7 Å². The zero-order valence-corrected chi connectivity index (χ0v) is 11.1. The van der Waals surface area contributed by atoms with E-state index in [-0.39, 0.29) is 0 Å². The van der Waals surface area contributed by atoms with Crippen molar-refractivity contribution in [2.24, 2.45) is 0 Å². The maximum atomic E-state index is 6.07. The Hall–Kier alpha value is -1.48. The predicted molar refractivity (Wildman–Crippen MR) is 69.2 cm³/mol. The molecule has 0 amide bonds. The van der Waals surface area contributed by atoms with Crippen molar-refractivity contribution in [3.8, 4) is 11.5 Å². The van der Waals surface area contributed by atoms with E-state index in [1.54, 1.807) is 0 Å². The lowest BCUT2D eigenvalue weighted by atomic mass is 10.1. The van der Waals surface area contributed by atoms with Crippen molar-refractivity contribution in [2.75, 3.05) is 0 Å². The molecule has 0 N–H and O–H groups in total. The smallest absolute Gasteiger partial charge is 0.180 e. The normalized spacial score (nSPS) is 10.6. The molecular weight excluding hydrogens is 234 g/mol. The van der Waals surface area contributed by atoms with Crippen LogP contribution < -0.4 is 0 Å². The van der Waals surface area contributed by atoms with E-state index in [2.05, 4.69) is 21.0 Å². The van der Waals surface area contributed by atoms with E-state index >= 15 is 0 Å². The lowest BCUT2D eigenvalue weighted by Gasteiger charge is -2.07. The molecule has 0 atom stereocenters. The van der Waals surface area contributed by atoms with E-state index in [4.69, 9.17) is 11.6 Å². The van der Waals surface area contributed by atoms with Crippen molar-refractivity contribution < 1.29 is 0 Å². The summed E-state index contributed by atoms with van der Waals surface area (Å²) in [5.74, 6) is 0.593. The number of pyridine rings is 1. The Bertz CT molecular complexity index is 556. The molecule has 0 aliphatic carbocycles. The molecule has 3 nitrogen and oxygen atoms in total. The van der Waals surface area contributed by atoms with Gasteiger partial charge in [-0.3, -0.25) is 4.98 Å². The zero-order chi connectivity index (χ0) is 12.6. The minimum atomic E-state index is 0.495. The highest BCUT2D eigenvalue weighted by atomic mass is 35.5. The van der Waals surface area contributed by atoms with E-state index in [1.807, 2.05) is 33.9 Å². The van der Waals surface area contributed by atoms with Gasteiger partial charge in [0, 0.05) is 17.5 Å². The third-order valence-corrected chi connectivity index (χ3v) is 3.12. The second-order valence-electron chi connectivity index (χ2n) is 4.23. The molecule has 0 aliphatic heterocycles. The van der Waals surface area contributed by atoms with Gasteiger partial charge in [0.15, 0.2) is 5.82 Å². The summed E-state index contributed by atoms with van der Waals surface area (Å²) in [5, 5.41) is 0.495. The fourth-order valence-electron chi connectivity index (χ4n) is 1.65. The van der Waals surface area contributed by atoms with E-state index in [9.17, 15) is 0 Å². The number of halogens is 1. The second-order valence-corrected chi connectivity index (χ2v) is 4.58. The van der Waals surface area contributed by atoms with E-state index in [0.717, 1.165) is 28.1 Å². The van der Waals surface area contributed by atoms with Crippen LogP contribution >= 0.6 is 11.6 Å². The number of aryl methyl sites for hydroxylation is 3. The Morgan fingerprint density at radius 2 is 1.76 bits per heavy atom. The number of hydrogen-bond donors (Lipinski definition) is 0. The van der Waals surface area contributed by atoms with Crippen LogP contribution in [0.3, 0.4) is 0 Å². The van der Waals surface area contributed by atoms with Gasteiger partial charge in [0.2, 0.25) is 0 Å². The molecule has 0 bridgehead atoms. The molecular formula is C13H14ClN3. The molecule has 0 saturated heterocycles. The molecule has 88 valence electrons. The first-order valence-corrected chi connectivity index (χ1v) is 5.81. The largest absolute Gasteiger partial charge is 0.252 e. The van der Waals surface area contributed by atoms with Crippen LogP contribution in [0, 0.1) is 27.7 Å². The Morgan fingerprint density at radius 1 is 1.06 bits per heavy atom. The molecule has 0 fully saturated rings. The first kappa shape index (κ1) is 12.0. The second kappa shape index (κ2) is 4.41. The highest BCUT2D eigenvalue weighted by Crippen LogP contribution is 2.22. The number of nitrogens with zero attached hydrogens (tertiary/aromatic N) is 3. The van der Waals surface area contributed by atoms with Crippen molar-refractivity contribution >= 4 is 11.6 Å². The van der Waals surface area contributed by atoms with E-state index < -0.39 is 0 Å². The van der Waals surface area contributed by atoms with Gasteiger partial charge in [0.1, 0.15) is 10.8 Å². The summed E-state index contributed by atoms with van der Waals surface area (Å²) in [7, 11) is 0. The molecule has 0 spiro atoms. The highest BCUT2D eigenvalue weighted by molar-refractivity contribution is 6.30. The third kappa shape index (κ3) is 2.29. The first-order chi connectivity index (χ1) is 7.99. The Labute approximate surface area is 106 Å². The Balaban J connectivity index is 2.61. The van der Waals surface area contributed by atoms with Crippen molar-refractivity contribution in [3.05, 3.63) is 39.8 Å². The lowest BCUT2D eigenvalue weighted by Crippen LogP contribution is -1.99. The zero-order valence-electron chi connectivity index (χ0n) is 10.4. The minimum Gasteiger partial charge on any atom is -0.252 e. The molecule has 0 unspecified atom stereocenters. The fraction of sp³-hybridized carbons (Fsp3) is 0.308. The average Bonchev–Trinajstić information content (AvgIpc) is 2.25. The summed E-state index contributed by atoms with van der Waals surface area (Å²) in [6.07, 6.45) is 1.81. The predicted octanol–water partition coefficient (Wildman–Crippen LogP) is 3.43. The lowest BCUT2D eigenvalue weighted by molar-refractivity contribution is 1.05. The van der Waals surface area contributed by atoms with Crippen LogP contribution in [0.1, 0.15) is 22.4 Å². The summed E-state index contributed by atoms with van der Waals surface area (Å²) in [6.45, 7) is 7.85. The van der Waals surface area contributed by atoms with E-state index in [0.29, 0.717) is 11.0 Å². The quantitative estimate of drug-likeness (QED) is 0.725. The van der Waals surface area contributed by atoms with Gasteiger partial charge in [-0.05, 0) is 38.8 Å². The van der Waals surface area contributed by atoms with Crippen LogP contribution in [-0.2, 0) is 0 Å². The standard InChI is InChI=1S/C13H14ClN3/c1-7-5-8(2)11(15-6-7)13-16-10(4)9(3)12(14)17-13/h5-6H,1-4H3. The Kier molecular flexibility index (Phi) is 3.11. The van der Waals surface area contributed by atoms with Gasteiger partial charge in [0.05, 0.1) is 0 Å². The molecule has 4 heteroatoms. The van der Waals surface area contributed by atoms with Crippen molar-refractivity contribution in [1.29, 1.82) is 0 Å². The van der Waals surface area contributed by atoms with Gasteiger partial charge in [-0.2, -0.15) is 0 Å². The van der Waals surface area contributed by atoms with Crippen LogP contribution in [-0.4, -0.2) is 15.0 Å². The SMILES string of the molecule is Cc1cnc(-c2nc(C)c(C)c(Cl)n2)c(C)c1. The van der Waals surface area contributed by atoms with Gasteiger partial charge in [0.25, 0.3) is 0 Å². The molecule has 2 aromatic rings. The molecule has 0 radical (unpaired) electrons. The average molecular weight is 248 g/mol. The highest BCUT2D eigenvalue weighted by Gasteiger charge is 2.11. The summed E-state index contributed by atoms with van der Waals surface area (Å²) < 4.78 is 0. The third-order valence-electron chi connectivity index (χ3n) is 2.76. The van der Waals surface area contributed by atoms with Crippen molar-refractivity contribution in [1.82, 2.24) is 15.0 Å². The molecule has 0 aliphatic rings. The molecule has 0 saturated carbocycles. The van der Waals surface area contributed by atoms with Crippen LogP contribution in [0.2, 0.25) is 5.15 Å². The molecule has 2 rings (SSSR count). The first-order valence-electron chi connectivity index (χ1n) is 5.43. The summed E-state index contributed by atoms with van der Waals surface area (Å²) in [6, 6.07) is 2.06. The topological polar surface area (TPSA) is 38.7 Å². The molecule has 0 aromatic carbocycles. The van der Waals surface area contributed by atoms with Crippen LogP contribution in [0.15, 0.2) is 12.3 Å². The molecule has 2 aromatic heterocycles. The Morgan fingerprint density at radius 3 is 2.35 bits per heavy atom. The maximum absolute atomic E-state index is 6.07. The number of aromatic nitrogens is 3. The van der Waals surface area contributed by atoms with Crippen LogP contribution in [0.25, 0.3) is 11.5 Å².